The molecule has 134 valence electrons. The van der Waals surface area contributed by atoms with E-state index in [1.54, 1.807) is 6.92 Å². The number of piperazine rings is 1. The summed E-state index contributed by atoms with van der Waals surface area (Å²) in [5.74, 6) is -1.93. The summed E-state index contributed by atoms with van der Waals surface area (Å²) in [7, 11) is 0. The van der Waals surface area contributed by atoms with Crippen molar-refractivity contribution in [2.24, 2.45) is 0 Å². The summed E-state index contributed by atoms with van der Waals surface area (Å²) < 4.78 is 27.4. The summed E-state index contributed by atoms with van der Waals surface area (Å²) in [5.41, 5.74) is 0.650. The van der Waals surface area contributed by atoms with E-state index in [-0.39, 0.29) is 11.5 Å². The number of hydrogen-bond acceptors (Lipinski definition) is 4. The highest BCUT2D eigenvalue weighted by Crippen LogP contribution is 2.31. The van der Waals surface area contributed by atoms with Gasteiger partial charge in [0.2, 0.25) is 0 Å². The molecule has 1 fully saturated rings. The molecule has 1 aromatic carbocycles. The topological polar surface area (TPSA) is 36.4 Å². The minimum absolute atomic E-state index is 0.0820. The first-order valence-corrected chi connectivity index (χ1v) is 9.15. The lowest BCUT2D eigenvalue weighted by molar-refractivity contribution is 0.0599. The van der Waals surface area contributed by atoms with Crippen molar-refractivity contribution in [2.45, 2.75) is 26.8 Å². The summed E-state index contributed by atoms with van der Waals surface area (Å²) in [6.45, 7) is 9.03. The van der Waals surface area contributed by atoms with Crippen molar-refractivity contribution in [1.29, 1.82) is 0 Å². The third-order valence-corrected chi connectivity index (χ3v) is 5.68. The van der Waals surface area contributed by atoms with Gasteiger partial charge in [-0.1, -0.05) is 6.07 Å². The predicted molar refractivity (Wildman–Crippen MR) is 94.8 cm³/mol. The van der Waals surface area contributed by atoms with Crippen molar-refractivity contribution in [3.63, 3.8) is 0 Å². The van der Waals surface area contributed by atoms with Crippen LogP contribution in [0.1, 0.15) is 29.2 Å². The van der Waals surface area contributed by atoms with Gasteiger partial charge in [0.25, 0.3) is 5.91 Å². The zero-order chi connectivity index (χ0) is 18.1. The smallest absolute Gasteiger partial charge is 0.265 e. The lowest BCUT2D eigenvalue weighted by Gasteiger charge is -2.36. The normalized spacial score (nSPS) is 15.8. The minimum Gasteiger partial charge on any atom is -0.335 e. The van der Waals surface area contributed by atoms with E-state index in [2.05, 4.69) is 23.7 Å². The standard InChI is InChI=1S/C18H21F2N3OS/c1-11(2)22-7-9-23(10-8-22)18(24)16-12(3)21-17(25-16)13-5-4-6-14(19)15(13)20/h4-6,11H,7-10H2,1-3H3. The summed E-state index contributed by atoms with van der Waals surface area (Å²) in [5, 5.41) is 0.332. The zero-order valence-electron chi connectivity index (χ0n) is 14.6. The van der Waals surface area contributed by atoms with E-state index in [0.29, 0.717) is 34.7 Å². The van der Waals surface area contributed by atoms with Gasteiger partial charge in [-0.2, -0.15) is 0 Å². The third kappa shape index (κ3) is 3.57. The van der Waals surface area contributed by atoms with E-state index in [4.69, 9.17) is 0 Å². The molecule has 1 aliphatic heterocycles. The molecule has 0 saturated carbocycles. The Morgan fingerprint density at radius 2 is 1.88 bits per heavy atom. The second kappa shape index (κ2) is 7.17. The van der Waals surface area contributed by atoms with Gasteiger partial charge in [0.15, 0.2) is 11.6 Å². The van der Waals surface area contributed by atoms with E-state index in [1.807, 2.05) is 4.90 Å². The van der Waals surface area contributed by atoms with E-state index in [9.17, 15) is 13.6 Å². The van der Waals surface area contributed by atoms with Crippen LogP contribution in [0, 0.1) is 18.6 Å². The second-order valence-electron chi connectivity index (χ2n) is 6.46. The molecule has 2 aromatic rings. The van der Waals surface area contributed by atoms with Crippen LogP contribution >= 0.6 is 11.3 Å². The van der Waals surface area contributed by atoms with Crippen molar-refractivity contribution >= 4 is 17.2 Å². The maximum absolute atomic E-state index is 14.0. The quantitative estimate of drug-likeness (QED) is 0.834. The van der Waals surface area contributed by atoms with Gasteiger partial charge in [-0.25, -0.2) is 13.8 Å². The average Bonchev–Trinajstić information content (AvgIpc) is 2.98. The van der Waals surface area contributed by atoms with Crippen LogP contribution in [-0.4, -0.2) is 52.9 Å². The van der Waals surface area contributed by atoms with Crippen molar-refractivity contribution in [1.82, 2.24) is 14.8 Å². The van der Waals surface area contributed by atoms with Crippen LogP contribution in [0.2, 0.25) is 0 Å². The summed E-state index contributed by atoms with van der Waals surface area (Å²) >= 11 is 1.12. The number of nitrogens with zero attached hydrogens (tertiary/aromatic N) is 3. The number of amides is 1. The molecule has 25 heavy (non-hydrogen) atoms. The Bertz CT molecular complexity index is 783. The van der Waals surface area contributed by atoms with Gasteiger partial charge in [0, 0.05) is 37.8 Å². The van der Waals surface area contributed by atoms with Crippen LogP contribution in [0.15, 0.2) is 18.2 Å². The van der Waals surface area contributed by atoms with Gasteiger partial charge in [0.1, 0.15) is 9.88 Å². The third-order valence-electron chi connectivity index (χ3n) is 4.50. The maximum Gasteiger partial charge on any atom is 0.265 e. The second-order valence-corrected chi connectivity index (χ2v) is 7.46. The molecule has 3 rings (SSSR count). The van der Waals surface area contributed by atoms with Crippen LogP contribution in [0.5, 0.6) is 0 Å². The summed E-state index contributed by atoms with van der Waals surface area (Å²) in [6.07, 6.45) is 0. The molecular weight excluding hydrogens is 344 g/mol. The number of aryl methyl sites for hydroxylation is 1. The van der Waals surface area contributed by atoms with Gasteiger partial charge in [-0.15, -0.1) is 11.3 Å². The van der Waals surface area contributed by atoms with E-state index in [0.717, 1.165) is 30.5 Å². The molecule has 0 bridgehead atoms. The Kier molecular flexibility index (Phi) is 5.15. The Labute approximate surface area is 150 Å². The lowest BCUT2D eigenvalue weighted by atomic mass is 10.2. The Morgan fingerprint density at radius 1 is 1.20 bits per heavy atom. The number of thiazole rings is 1. The SMILES string of the molecule is Cc1nc(-c2cccc(F)c2F)sc1C(=O)N1CCN(C(C)C)CC1. The molecule has 1 amide bonds. The highest BCUT2D eigenvalue weighted by atomic mass is 32.1. The molecule has 7 heteroatoms. The van der Waals surface area contributed by atoms with Crippen LogP contribution in [0.4, 0.5) is 8.78 Å². The fraction of sp³-hybridized carbons (Fsp3) is 0.444. The molecule has 0 radical (unpaired) electrons. The lowest BCUT2D eigenvalue weighted by Crippen LogP contribution is -2.50. The average molecular weight is 365 g/mol. The molecule has 0 unspecified atom stereocenters. The van der Waals surface area contributed by atoms with Crippen molar-refractivity contribution < 1.29 is 13.6 Å². The largest absolute Gasteiger partial charge is 0.335 e. The van der Waals surface area contributed by atoms with Gasteiger partial charge in [0.05, 0.1) is 5.69 Å². The van der Waals surface area contributed by atoms with Crippen LogP contribution in [-0.2, 0) is 0 Å². The summed E-state index contributed by atoms with van der Waals surface area (Å²) in [6, 6.07) is 4.45. The molecule has 0 spiro atoms. The molecule has 0 atom stereocenters. The van der Waals surface area contributed by atoms with Crippen LogP contribution in [0.3, 0.4) is 0 Å². The van der Waals surface area contributed by atoms with E-state index < -0.39 is 11.6 Å². The first-order valence-electron chi connectivity index (χ1n) is 8.33. The number of carbonyl (C=O) groups is 1. The highest BCUT2D eigenvalue weighted by molar-refractivity contribution is 7.17. The molecule has 1 aliphatic rings. The van der Waals surface area contributed by atoms with Crippen molar-refractivity contribution in [2.75, 3.05) is 26.2 Å². The first kappa shape index (κ1) is 17.9. The predicted octanol–water partition coefficient (Wildman–Crippen LogP) is 3.56. The van der Waals surface area contributed by atoms with Gasteiger partial charge in [-0.05, 0) is 32.9 Å². The summed E-state index contributed by atoms with van der Waals surface area (Å²) in [4.78, 5) is 21.7. The van der Waals surface area contributed by atoms with Gasteiger partial charge >= 0.3 is 0 Å². The molecule has 1 aromatic heterocycles. The minimum atomic E-state index is -0.930. The number of benzene rings is 1. The molecular formula is C18H21F2N3OS. The van der Waals surface area contributed by atoms with Crippen molar-refractivity contribution in [3.8, 4) is 10.6 Å². The molecule has 0 aliphatic carbocycles. The number of rotatable bonds is 3. The first-order chi connectivity index (χ1) is 11.9. The zero-order valence-corrected chi connectivity index (χ0v) is 15.4. The van der Waals surface area contributed by atoms with Crippen molar-refractivity contribution in [3.05, 3.63) is 40.4 Å². The number of aromatic nitrogens is 1. The number of carbonyl (C=O) groups excluding carboxylic acids is 1. The van der Waals surface area contributed by atoms with E-state index >= 15 is 0 Å². The molecule has 1 saturated heterocycles. The van der Waals surface area contributed by atoms with Gasteiger partial charge < -0.3 is 4.90 Å². The molecule has 2 heterocycles. The van der Waals surface area contributed by atoms with E-state index in [1.165, 1.54) is 12.1 Å². The fourth-order valence-electron chi connectivity index (χ4n) is 2.96. The molecule has 0 N–H and O–H groups in total. The van der Waals surface area contributed by atoms with Crippen LogP contribution < -0.4 is 0 Å². The molecule has 4 nitrogen and oxygen atoms in total. The van der Waals surface area contributed by atoms with Crippen LogP contribution in [0.25, 0.3) is 10.6 Å². The fourth-order valence-corrected chi connectivity index (χ4v) is 4.02. The Morgan fingerprint density at radius 3 is 2.52 bits per heavy atom. The number of hydrogen-bond donors (Lipinski definition) is 0. The monoisotopic (exact) mass is 365 g/mol. The van der Waals surface area contributed by atoms with Gasteiger partial charge in [-0.3, -0.25) is 9.69 Å². The number of halogens is 2. The Balaban J connectivity index is 1.81. The maximum atomic E-state index is 14.0. The Hall–Kier alpha value is -1.86. The highest BCUT2D eigenvalue weighted by Gasteiger charge is 2.27.